The molecule has 2 amide bonds. The number of carbonyl (C=O) groups is 3. The highest BCUT2D eigenvalue weighted by Gasteiger charge is 2.19. The third kappa shape index (κ3) is 11.1. The van der Waals surface area contributed by atoms with Crippen LogP contribution in [-0.4, -0.2) is 73.0 Å². The number of carbonyl (C=O) groups excluding carboxylic acids is 2. The zero-order valence-corrected chi connectivity index (χ0v) is 13.7. The van der Waals surface area contributed by atoms with Crippen LogP contribution in [0, 0.1) is 0 Å². The van der Waals surface area contributed by atoms with Gasteiger partial charge in [0.25, 0.3) is 0 Å². The summed E-state index contributed by atoms with van der Waals surface area (Å²) in [5, 5.41) is 14.1. The van der Waals surface area contributed by atoms with Gasteiger partial charge in [0.1, 0.15) is 6.04 Å². The van der Waals surface area contributed by atoms with Crippen LogP contribution in [0.3, 0.4) is 0 Å². The zero-order valence-electron chi connectivity index (χ0n) is 12.8. The molecule has 0 radical (unpaired) electrons. The van der Waals surface area contributed by atoms with Crippen molar-refractivity contribution in [1.29, 1.82) is 0 Å². The molecule has 0 aromatic carbocycles. The van der Waals surface area contributed by atoms with E-state index in [1.165, 1.54) is 11.8 Å². The van der Waals surface area contributed by atoms with E-state index in [0.29, 0.717) is 18.7 Å². The Kier molecular flexibility index (Phi) is 10.7. The van der Waals surface area contributed by atoms with Crippen molar-refractivity contribution in [2.75, 3.05) is 39.2 Å². The van der Waals surface area contributed by atoms with E-state index >= 15 is 0 Å². The first kappa shape index (κ1) is 19.7. The fourth-order valence-corrected chi connectivity index (χ4v) is 1.97. The van der Waals surface area contributed by atoms with E-state index in [-0.39, 0.29) is 18.7 Å². The van der Waals surface area contributed by atoms with E-state index in [4.69, 9.17) is 5.11 Å². The van der Waals surface area contributed by atoms with Crippen molar-refractivity contribution in [2.24, 2.45) is 0 Å². The van der Waals surface area contributed by atoms with E-state index < -0.39 is 17.9 Å². The molecule has 0 bridgehead atoms. The van der Waals surface area contributed by atoms with Gasteiger partial charge in [-0.25, -0.2) is 4.79 Å². The fraction of sp³-hybridized carbons (Fsp3) is 0.769. The number of aliphatic carboxylic acids is 1. The van der Waals surface area contributed by atoms with Gasteiger partial charge in [-0.15, -0.1) is 0 Å². The number of carboxylic acid groups (broad SMARTS) is 1. The molecule has 0 aromatic rings. The van der Waals surface area contributed by atoms with Crippen molar-refractivity contribution < 1.29 is 19.5 Å². The van der Waals surface area contributed by atoms with Crippen molar-refractivity contribution in [3.05, 3.63) is 0 Å². The molecule has 7 nitrogen and oxygen atoms in total. The van der Waals surface area contributed by atoms with Gasteiger partial charge in [0, 0.05) is 25.9 Å². The number of rotatable bonds is 11. The van der Waals surface area contributed by atoms with Crippen molar-refractivity contribution in [3.63, 3.8) is 0 Å². The minimum absolute atomic E-state index is 0.00313. The molecule has 0 saturated heterocycles. The maximum Gasteiger partial charge on any atom is 0.326 e. The predicted molar refractivity (Wildman–Crippen MR) is 83.4 cm³/mol. The number of hydrogen-bond donors (Lipinski definition) is 3. The van der Waals surface area contributed by atoms with E-state index in [0.717, 1.165) is 6.54 Å². The zero-order chi connectivity index (χ0) is 16.3. The first-order valence-corrected chi connectivity index (χ1v) is 8.18. The number of nitrogens with one attached hydrogen (secondary N) is 2. The van der Waals surface area contributed by atoms with Crippen LogP contribution in [0.1, 0.15) is 19.3 Å². The largest absolute Gasteiger partial charge is 0.480 e. The molecule has 8 heteroatoms. The van der Waals surface area contributed by atoms with Gasteiger partial charge in [0.2, 0.25) is 11.8 Å². The summed E-state index contributed by atoms with van der Waals surface area (Å²) in [6, 6.07) is -0.887. The Morgan fingerprint density at radius 2 is 1.81 bits per heavy atom. The maximum atomic E-state index is 11.6. The van der Waals surface area contributed by atoms with Crippen LogP contribution in [0.4, 0.5) is 0 Å². The lowest BCUT2D eigenvalue weighted by Gasteiger charge is -2.14. The van der Waals surface area contributed by atoms with Crippen molar-refractivity contribution in [3.8, 4) is 0 Å². The first-order chi connectivity index (χ1) is 9.86. The lowest BCUT2D eigenvalue weighted by Crippen LogP contribution is -2.41. The smallest absolute Gasteiger partial charge is 0.326 e. The highest BCUT2D eigenvalue weighted by Crippen LogP contribution is 2.02. The summed E-state index contributed by atoms with van der Waals surface area (Å²) in [4.78, 5) is 36.0. The predicted octanol–water partition coefficient (Wildman–Crippen LogP) is -0.233. The quantitative estimate of drug-likeness (QED) is 0.486. The van der Waals surface area contributed by atoms with Gasteiger partial charge in [-0.1, -0.05) is 0 Å². The van der Waals surface area contributed by atoms with Gasteiger partial charge in [0.05, 0.1) is 0 Å². The summed E-state index contributed by atoms with van der Waals surface area (Å²) in [5.41, 5.74) is 0. The summed E-state index contributed by atoms with van der Waals surface area (Å²) in [6.45, 7) is 1.26. The maximum absolute atomic E-state index is 11.6. The Morgan fingerprint density at radius 1 is 1.19 bits per heavy atom. The molecule has 0 aliphatic carbocycles. The van der Waals surface area contributed by atoms with Gasteiger partial charge in [0.15, 0.2) is 0 Å². The molecule has 0 saturated carbocycles. The Bertz CT molecular complexity index is 350. The summed E-state index contributed by atoms with van der Waals surface area (Å²) in [6.07, 6.45) is 2.31. The highest BCUT2D eigenvalue weighted by molar-refractivity contribution is 7.98. The molecule has 21 heavy (non-hydrogen) atoms. The van der Waals surface area contributed by atoms with Crippen LogP contribution >= 0.6 is 11.8 Å². The lowest BCUT2D eigenvalue weighted by atomic mass is 10.2. The third-order valence-corrected chi connectivity index (χ3v) is 3.35. The second-order valence-corrected chi connectivity index (χ2v) is 5.88. The summed E-state index contributed by atoms with van der Waals surface area (Å²) < 4.78 is 0. The molecule has 1 atom stereocenters. The Hall–Kier alpha value is -1.28. The van der Waals surface area contributed by atoms with Crippen molar-refractivity contribution >= 4 is 29.5 Å². The van der Waals surface area contributed by atoms with Gasteiger partial charge in [-0.05, 0) is 32.5 Å². The summed E-state index contributed by atoms with van der Waals surface area (Å²) >= 11 is 1.52. The standard InChI is InChI=1S/C13H25N3O4S/c1-16(2)8-7-14-11(17)4-5-12(18)15-10(13(19)20)6-9-21-3/h10H,4-9H2,1-3H3,(H,14,17)(H,15,18)(H,19,20). The molecule has 0 aliphatic heterocycles. The Labute approximate surface area is 129 Å². The van der Waals surface area contributed by atoms with Gasteiger partial charge >= 0.3 is 5.97 Å². The second-order valence-electron chi connectivity index (χ2n) is 4.89. The molecule has 0 aliphatic rings. The molecule has 3 N–H and O–H groups in total. The number of nitrogens with zero attached hydrogens (tertiary/aromatic N) is 1. The SMILES string of the molecule is CSCCC(NC(=O)CCC(=O)NCCN(C)C)C(=O)O. The summed E-state index contributed by atoms with van der Waals surface area (Å²) in [7, 11) is 3.81. The lowest BCUT2D eigenvalue weighted by molar-refractivity contribution is -0.141. The first-order valence-electron chi connectivity index (χ1n) is 6.79. The molecule has 0 spiro atoms. The highest BCUT2D eigenvalue weighted by atomic mass is 32.2. The fourth-order valence-electron chi connectivity index (χ4n) is 1.49. The molecule has 0 fully saturated rings. The molecule has 0 aromatic heterocycles. The van der Waals surface area contributed by atoms with E-state index in [2.05, 4.69) is 10.6 Å². The molecule has 122 valence electrons. The Balaban J connectivity index is 3.95. The van der Waals surface area contributed by atoms with Gasteiger partial charge < -0.3 is 20.6 Å². The molecule has 0 rings (SSSR count). The minimum atomic E-state index is -1.05. The minimum Gasteiger partial charge on any atom is -0.480 e. The van der Waals surface area contributed by atoms with Crippen LogP contribution in [0.15, 0.2) is 0 Å². The number of amides is 2. The van der Waals surface area contributed by atoms with Crippen LogP contribution in [-0.2, 0) is 14.4 Å². The normalized spacial score (nSPS) is 12.0. The molecule has 0 heterocycles. The number of hydrogen-bond acceptors (Lipinski definition) is 5. The van der Waals surface area contributed by atoms with Gasteiger partial charge in [-0.3, -0.25) is 9.59 Å². The van der Waals surface area contributed by atoms with E-state index in [1.54, 1.807) is 0 Å². The monoisotopic (exact) mass is 319 g/mol. The number of likely N-dealkylation sites (N-methyl/N-ethyl adjacent to an activating group) is 1. The van der Waals surface area contributed by atoms with E-state index in [1.807, 2.05) is 25.3 Å². The topological polar surface area (TPSA) is 98.7 Å². The Morgan fingerprint density at radius 3 is 2.33 bits per heavy atom. The molecule has 1 unspecified atom stereocenters. The third-order valence-electron chi connectivity index (χ3n) is 2.70. The van der Waals surface area contributed by atoms with Crippen molar-refractivity contribution in [1.82, 2.24) is 15.5 Å². The van der Waals surface area contributed by atoms with Crippen molar-refractivity contribution in [2.45, 2.75) is 25.3 Å². The molecular formula is C13H25N3O4S. The van der Waals surface area contributed by atoms with Crippen LogP contribution < -0.4 is 10.6 Å². The van der Waals surface area contributed by atoms with Crippen LogP contribution in [0.25, 0.3) is 0 Å². The molecular weight excluding hydrogens is 294 g/mol. The number of thioether (sulfide) groups is 1. The van der Waals surface area contributed by atoms with E-state index in [9.17, 15) is 14.4 Å². The average Bonchev–Trinajstić information content (AvgIpc) is 2.40. The second kappa shape index (κ2) is 11.4. The summed E-state index contributed by atoms with van der Waals surface area (Å²) in [5.74, 6) is -1.01. The van der Waals surface area contributed by atoms with Crippen LogP contribution in [0.2, 0.25) is 0 Å². The van der Waals surface area contributed by atoms with Crippen LogP contribution in [0.5, 0.6) is 0 Å². The van der Waals surface area contributed by atoms with Gasteiger partial charge in [-0.2, -0.15) is 11.8 Å². The average molecular weight is 319 g/mol. The number of carboxylic acids is 1.